The summed E-state index contributed by atoms with van der Waals surface area (Å²) in [4.78, 5) is 12.0. The maximum atomic E-state index is 12.0. The van der Waals surface area contributed by atoms with Crippen molar-refractivity contribution in [3.8, 4) is 6.07 Å². The maximum Gasteiger partial charge on any atom is 0.240 e. The first kappa shape index (κ1) is 11.4. The molecule has 16 heavy (non-hydrogen) atoms. The Kier molecular flexibility index (Phi) is 2.90. The van der Waals surface area contributed by atoms with E-state index in [0.717, 1.165) is 6.42 Å². The first-order valence-corrected chi connectivity index (χ1v) is 5.91. The number of carbonyl (C=O) groups excluding carboxylic acids is 1. The Morgan fingerprint density at radius 2 is 2.19 bits per heavy atom. The zero-order chi connectivity index (χ0) is 11.8. The smallest absolute Gasteiger partial charge is 0.240 e. The average molecular weight is 222 g/mol. The van der Waals surface area contributed by atoms with Crippen LogP contribution in [0.2, 0.25) is 0 Å². The van der Waals surface area contributed by atoms with Gasteiger partial charge >= 0.3 is 0 Å². The fourth-order valence-electron chi connectivity index (χ4n) is 2.69. The molecule has 2 aliphatic rings. The largest absolute Gasteiger partial charge is 0.376 e. The molecule has 4 nitrogen and oxygen atoms in total. The van der Waals surface area contributed by atoms with Crippen LogP contribution in [-0.2, 0) is 9.53 Å². The van der Waals surface area contributed by atoms with Crippen LogP contribution in [0.1, 0.15) is 33.1 Å². The molecule has 88 valence electrons. The molecule has 0 bridgehead atoms. The normalized spacial score (nSPS) is 42.2. The number of nitrogens with one attached hydrogen (secondary N) is 1. The monoisotopic (exact) mass is 222 g/mol. The van der Waals surface area contributed by atoms with Crippen molar-refractivity contribution in [3.05, 3.63) is 0 Å². The topological polar surface area (TPSA) is 62.1 Å². The van der Waals surface area contributed by atoms with Crippen molar-refractivity contribution in [3.63, 3.8) is 0 Å². The van der Waals surface area contributed by atoms with Gasteiger partial charge in [-0.2, -0.15) is 5.26 Å². The molecule has 1 saturated heterocycles. The molecule has 2 atom stereocenters. The summed E-state index contributed by atoms with van der Waals surface area (Å²) in [7, 11) is 0. The Morgan fingerprint density at radius 3 is 2.62 bits per heavy atom. The summed E-state index contributed by atoms with van der Waals surface area (Å²) < 4.78 is 5.39. The van der Waals surface area contributed by atoms with E-state index in [9.17, 15) is 4.79 Å². The molecule has 2 fully saturated rings. The van der Waals surface area contributed by atoms with Crippen LogP contribution >= 0.6 is 0 Å². The second-order valence-electron chi connectivity index (χ2n) is 5.15. The lowest BCUT2D eigenvalue weighted by Gasteiger charge is -2.40. The molecule has 0 radical (unpaired) electrons. The SMILES string of the molecule is CC1CC(C#N)(C(=O)NC2CCOC2C)C1. The van der Waals surface area contributed by atoms with Crippen molar-refractivity contribution in [2.75, 3.05) is 6.61 Å². The third-order valence-corrected chi connectivity index (χ3v) is 3.74. The van der Waals surface area contributed by atoms with E-state index >= 15 is 0 Å². The van der Waals surface area contributed by atoms with Gasteiger partial charge in [0, 0.05) is 6.61 Å². The highest BCUT2D eigenvalue weighted by atomic mass is 16.5. The van der Waals surface area contributed by atoms with Crippen LogP contribution in [0.5, 0.6) is 0 Å². The Bertz CT molecular complexity index is 328. The Morgan fingerprint density at radius 1 is 1.50 bits per heavy atom. The highest BCUT2D eigenvalue weighted by Crippen LogP contribution is 2.45. The molecule has 1 aliphatic carbocycles. The van der Waals surface area contributed by atoms with Gasteiger partial charge in [-0.1, -0.05) is 6.92 Å². The van der Waals surface area contributed by atoms with Crippen molar-refractivity contribution in [2.24, 2.45) is 11.3 Å². The molecule has 2 unspecified atom stereocenters. The Balaban J connectivity index is 1.95. The van der Waals surface area contributed by atoms with Crippen LogP contribution in [0.25, 0.3) is 0 Å². The van der Waals surface area contributed by atoms with Gasteiger partial charge < -0.3 is 10.1 Å². The van der Waals surface area contributed by atoms with E-state index in [2.05, 4.69) is 18.3 Å². The molecule has 2 rings (SSSR count). The zero-order valence-electron chi connectivity index (χ0n) is 9.82. The number of nitrogens with zero attached hydrogens (tertiary/aromatic N) is 1. The minimum Gasteiger partial charge on any atom is -0.376 e. The lowest BCUT2D eigenvalue weighted by atomic mass is 9.63. The molecule has 1 aliphatic heterocycles. The predicted octanol–water partition coefficient (Wildman–Crippen LogP) is 1.22. The number of rotatable bonds is 2. The van der Waals surface area contributed by atoms with Crippen molar-refractivity contribution in [1.82, 2.24) is 5.32 Å². The van der Waals surface area contributed by atoms with Crippen molar-refractivity contribution in [1.29, 1.82) is 5.26 Å². The molecule has 1 amide bonds. The van der Waals surface area contributed by atoms with Crippen molar-refractivity contribution < 1.29 is 9.53 Å². The van der Waals surface area contributed by atoms with E-state index in [1.165, 1.54) is 0 Å². The minimum absolute atomic E-state index is 0.0668. The number of amides is 1. The van der Waals surface area contributed by atoms with E-state index in [-0.39, 0.29) is 18.1 Å². The first-order valence-electron chi connectivity index (χ1n) is 5.91. The van der Waals surface area contributed by atoms with Crippen LogP contribution in [0.4, 0.5) is 0 Å². The lowest BCUT2D eigenvalue weighted by molar-refractivity contribution is -0.135. The fraction of sp³-hybridized carbons (Fsp3) is 0.833. The molecule has 0 aromatic rings. The van der Waals surface area contributed by atoms with Gasteiger partial charge in [0.05, 0.1) is 18.2 Å². The summed E-state index contributed by atoms with van der Waals surface area (Å²) in [6.07, 6.45) is 2.30. The predicted molar refractivity (Wildman–Crippen MR) is 58.4 cm³/mol. The van der Waals surface area contributed by atoms with Gasteiger partial charge in [0.1, 0.15) is 5.41 Å². The third-order valence-electron chi connectivity index (χ3n) is 3.74. The second-order valence-corrected chi connectivity index (χ2v) is 5.15. The standard InChI is InChI=1S/C12H18N2O2/c1-8-5-12(6-8,7-13)11(15)14-10-3-4-16-9(10)2/h8-10H,3-6H2,1-2H3,(H,14,15). The Labute approximate surface area is 96.0 Å². The molecule has 1 N–H and O–H groups in total. The van der Waals surface area contributed by atoms with Crippen molar-refractivity contribution >= 4 is 5.91 Å². The number of carbonyl (C=O) groups is 1. The summed E-state index contributed by atoms with van der Waals surface area (Å²) in [5.41, 5.74) is -0.762. The molecule has 1 saturated carbocycles. The van der Waals surface area contributed by atoms with Gasteiger partial charge in [-0.25, -0.2) is 0 Å². The van der Waals surface area contributed by atoms with Crippen molar-refractivity contribution in [2.45, 2.75) is 45.3 Å². The molecule has 0 aromatic carbocycles. The van der Waals surface area contributed by atoms with Crippen LogP contribution < -0.4 is 5.32 Å². The van der Waals surface area contributed by atoms with E-state index in [1.54, 1.807) is 0 Å². The van der Waals surface area contributed by atoms with Crippen LogP contribution in [0.15, 0.2) is 0 Å². The average Bonchev–Trinajstić information content (AvgIpc) is 2.59. The third kappa shape index (κ3) is 1.80. The quantitative estimate of drug-likeness (QED) is 0.764. The molecule has 0 aromatic heterocycles. The van der Waals surface area contributed by atoms with Gasteiger partial charge in [-0.05, 0) is 32.1 Å². The van der Waals surface area contributed by atoms with Gasteiger partial charge in [-0.3, -0.25) is 4.79 Å². The zero-order valence-corrected chi connectivity index (χ0v) is 9.82. The lowest BCUT2D eigenvalue weighted by Crippen LogP contribution is -2.52. The fourth-order valence-corrected chi connectivity index (χ4v) is 2.69. The number of nitriles is 1. The van der Waals surface area contributed by atoms with Gasteiger partial charge in [0.2, 0.25) is 5.91 Å². The van der Waals surface area contributed by atoms with E-state index in [4.69, 9.17) is 10.00 Å². The molecular weight excluding hydrogens is 204 g/mol. The number of ether oxygens (including phenoxy) is 1. The van der Waals surface area contributed by atoms with Gasteiger partial charge in [0.15, 0.2) is 0 Å². The number of hydrogen-bond donors (Lipinski definition) is 1. The number of hydrogen-bond acceptors (Lipinski definition) is 3. The maximum absolute atomic E-state index is 12.0. The van der Waals surface area contributed by atoms with Crippen LogP contribution in [-0.4, -0.2) is 24.7 Å². The van der Waals surface area contributed by atoms with E-state index in [0.29, 0.717) is 25.4 Å². The Hall–Kier alpha value is -1.08. The summed E-state index contributed by atoms with van der Waals surface area (Å²) in [5, 5.41) is 12.1. The summed E-state index contributed by atoms with van der Waals surface area (Å²) in [5.74, 6) is 0.387. The van der Waals surface area contributed by atoms with E-state index < -0.39 is 5.41 Å². The minimum atomic E-state index is -0.762. The van der Waals surface area contributed by atoms with Gasteiger partial charge in [-0.15, -0.1) is 0 Å². The summed E-state index contributed by atoms with van der Waals surface area (Å²) >= 11 is 0. The van der Waals surface area contributed by atoms with Gasteiger partial charge in [0.25, 0.3) is 0 Å². The summed E-state index contributed by atoms with van der Waals surface area (Å²) in [6.45, 7) is 4.73. The molecule has 1 heterocycles. The highest BCUT2D eigenvalue weighted by molar-refractivity contribution is 5.86. The molecule has 4 heteroatoms. The second kappa shape index (κ2) is 4.06. The van der Waals surface area contributed by atoms with Crippen LogP contribution in [0.3, 0.4) is 0 Å². The highest BCUT2D eigenvalue weighted by Gasteiger charge is 2.49. The van der Waals surface area contributed by atoms with Crippen LogP contribution in [0, 0.1) is 22.7 Å². The molecular formula is C12H18N2O2. The van der Waals surface area contributed by atoms with E-state index in [1.807, 2.05) is 6.92 Å². The first-order chi connectivity index (χ1) is 7.57. The molecule has 0 spiro atoms. The summed E-state index contributed by atoms with van der Waals surface area (Å²) in [6, 6.07) is 2.26.